The molecule has 1 amide bonds. The minimum Gasteiger partial charge on any atom is -0.322 e. The second-order valence-corrected chi connectivity index (χ2v) is 8.73. The van der Waals surface area contributed by atoms with E-state index in [-0.39, 0.29) is 21.4 Å². The van der Waals surface area contributed by atoms with Crippen molar-refractivity contribution in [3.63, 3.8) is 0 Å². The van der Waals surface area contributed by atoms with Gasteiger partial charge in [0, 0.05) is 17.3 Å². The molecule has 1 heterocycles. The first-order valence-electron chi connectivity index (χ1n) is 7.34. The van der Waals surface area contributed by atoms with Gasteiger partial charge in [0.15, 0.2) is 0 Å². The van der Waals surface area contributed by atoms with Crippen LogP contribution in [0.1, 0.15) is 16.8 Å². The highest BCUT2D eigenvalue weighted by atomic mass is 35.5. The van der Waals surface area contributed by atoms with Crippen LogP contribution in [0.15, 0.2) is 36.4 Å². The summed E-state index contributed by atoms with van der Waals surface area (Å²) in [7, 11) is -3.39. The molecule has 1 saturated heterocycles. The number of hydrogen-bond donors (Lipinski definition) is 1. The molecular formula is C16H13Cl3N2O3S. The maximum atomic E-state index is 12.6. The van der Waals surface area contributed by atoms with Crippen LogP contribution in [-0.2, 0) is 10.0 Å². The van der Waals surface area contributed by atoms with Gasteiger partial charge >= 0.3 is 0 Å². The summed E-state index contributed by atoms with van der Waals surface area (Å²) in [4.78, 5) is 12.6. The number of nitrogens with zero attached hydrogens (tertiary/aromatic N) is 1. The average molecular weight is 420 g/mol. The number of rotatable bonds is 3. The molecule has 1 N–H and O–H groups in total. The quantitative estimate of drug-likeness (QED) is 0.800. The first-order valence-corrected chi connectivity index (χ1v) is 10.1. The molecule has 132 valence electrons. The van der Waals surface area contributed by atoms with E-state index in [1.54, 1.807) is 24.3 Å². The molecule has 0 unspecified atom stereocenters. The Balaban J connectivity index is 1.97. The Morgan fingerprint density at radius 2 is 1.88 bits per heavy atom. The highest BCUT2D eigenvalue weighted by Gasteiger charge is 2.30. The van der Waals surface area contributed by atoms with Gasteiger partial charge in [-0.2, -0.15) is 0 Å². The molecular weight excluding hydrogens is 407 g/mol. The number of anilines is 2. The summed E-state index contributed by atoms with van der Waals surface area (Å²) in [6, 6.07) is 9.51. The van der Waals surface area contributed by atoms with Gasteiger partial charge in [0.1, 0.15) is 0 Å². The highest BCUT2D eigenvalue weighted by Crippen LogP contribution is 2.34. The lowest BCUT2D eigenvalue weighted by Crippen LogP contribution is -2.25. The van der Waals surface area contributed by atoms with Crippen molar-refractivity contribution in [2.75, 3.05) is 21.9 Å². The third-order valence-electron chi connectivity index (χ3n) is 3.73. The Labute approximate surface area is 160 Å². The minimum atomic E-state index is -3.39. The number of carbonyl (C=O) groups excluding carboxylic acids is 1. The topological polar surface area (TPSA) is 66.5 Å². The Morgan fingerprint density at radius 3 is 2.52 bits per heavy atom. The summed E-state index contributed by atoms with van der Waals surface area (Å²) in [5, 5.41) is 3.31. The lowest BCUT2D eigenvalue weighted by atomic mass is 10.1. The maximum absolute atomic E-state index is 12.6. The smallest absolute Gasteiger partial charge is 0.257 e. The molecule has 25 heavy (non-hydrogen) atoms. The van der Waals surface area contributed by atoms with Gasteiger partial charge in [0.25, 0.3) is 5.91 Å². The van der Waals surface area contributed by atoms with Gasteiger partial charge in [-0.25, -0.2) is 8.42 Å². The van der Waals surface area contributed by atoms with Crippen LogP contribution in [0.5, 0.6) is 0 Å². The number of amides is 1. The van der Waals surface area contributed by atoms with Crippen LogP contribution < -0.4 is 9.62 Å². The molecule has 0 radical (unpaired) electrons. The van der Waals surface area contributed by atoms with E-state index in [0.29, 0.717) is 29.4 Å². The molecule has 0 spiro atoms. The Bertz CT molecular complexity index is 948. The fourth-order valence-corrected chi connectivity index (χ4v) is 4.73. The van der Waals surface area contributed by atoms with E-state index in [1.807, 2.05) is 0 Å². The van der Waals surface area contributed by atoms with Gasteiger partial charge in [0.2, 0.25) is 10.0 Å². The van der Waals surface area contributed by atoms with Gasteiger partial charge in [0.05, 0.1) is 27.0 Å². The van der Waals surface area contributed by atoms with Gasteiger partial charge in [-0.15, -0.1) is 0 Å². The van der Waals surface area contributed by atoms with Gasteiger partial charge < -0.3 is 5.32 Å². The zero-order valence-corrected chi connectivity index (χ0v) is 15.9. The fourth-order valence-electron chi connectivity index (χ4n) is 2.58. The second kappa shape index (κ2) is 7.03. The summed E-state index contributed by atoms with van der Waals surface area (Å²) in [5.74, 6) is -0.440. The summed E-state index contributed by atoms with van der Waals surface area (Å²) in [6.07, 6.45) is 0.520. The SMILES string of the molecule is O=C(Nc1cccc(Cl)c1)c1cc(N2CCCS2(=O)=O)cc(Cl)c1Cl. The first-order chi connectivity index (χ1) is 11.8. The van der Waals surface area contributed by atoms with E-state index in [1.165, 1.54) is 16.4 Å². The van der Waals surface area contributed by atoms with Gasteiger partial charge in [-0.05, 0) is 36.8 Å². The predicted octanol–water partition coefficient (Wildman–Crippen LogP) is 4.44. The van der Waals surface area contributed by atoms with Crippen molar-refractivity contribution in [1.82, 2.24) is 0 Å². The molecule has 0 aliphatic carbocycles. The molecule has 0 bridgehead atoms. The van der Waals surface area contributed by atoms with Crippen LogP contribution in [-0.4, -0.2) is 26.6 Å². The summed E-state index contributed by atoms with van der Waals surface area (Å²) in [5.41, 5.74) is 0.901. The van der Waals surface area contributed by atoms with E-state index in [4.69, 9.17) is 34.8 Å². The third-order valence-corrected chi connectivity index (χ3v) is 6.63. The average Bonchev–Trinajstić information content (AvgIpc) is 2.89. The Kier molecular flexibility index (Phi) is 5.16. The summed E-state index contributed by atoms with van der Waals surface area (Å²) < 4.78 is 25.4. The molecule has 0 atom stereocenters. The molecule has 9 heteroatoms. The van der Waals surface area contributed by atoms with Crippen LogP contribution in [0, 0.1) is 0 Å². The van der Waals surface area contributed by atoms with Crippen molar-refractivity contribution in [3.05, 3.63) is 57.0 Å². The molecule has 3 rings (SSSR count). The van der Waals surface area contributed by atoms with E-state index in [0.717, 1.165) is 0 Å². The fraction of sp³-hybridized carbons (Fsp3) is 0.188. The zero-order chi connectivity index (χ0) is 18.2. The van der Waals surface area contributed by atoms with Crippen LogP contribution in [0.25, 0.3) is 0 Å². The van der Waals surface area contributed by atoms with Gasteiger partial charge in [-0.1, -0.05) is 40.9 Å². The standard InChI is InChI=1S/C16H13Cl3N2O3S/c17-10-3-1-4-11(7-10)20-16(22)13-8-12(9-14(18)15(13)19)21-5-2-6-25(21,23)24/h1,3-4,7-9H,2,5-6H2,(H,20,22). The van der Waals surface area contributed by atoms with Crippen LogP contribution in [0.4, 0.5) is 11.4 Å². The second-order valence-electron chi connectivity index (χ2n) is 5.50. The van der Waals surface area contributed by atoms with E-state index >= 15 is 0 Å². The van der Waals surface area contributed by atoms with Crippen molar-refractivity contribution in [2.45, 2.75) is 6.42 Å². The van der Waals surface area contributed by atoms with Crippen LogP contribution in [0.3, 0.4) is 0 Å². The molecule has 0 saturated carbocycles. The monoisotopic (exact) mass is 418 g/mol. The Hall–Kier alpha value is -1.47. The molecule has 1 aliphatic heterocycles. The Morgan fingerprint density at radius 1 is 1.12 bits per heavy atom. The van der Waals surface area contributed by atoms with Crippen molar-refractivity contribution >= 4 is 62.1 Å². The molecule has 2 aromatic rings. The third kappa shape index (κ3) is 3.87. The van der Waals surface area contributed by atoms with Crippen molar-refractivity contribution in [1.29, 1.82) is 0 Å². The summed E-state index contributed by atoms with van der Waals surface area (Å²) >= 11 is 18.2. The number of nitrogens with one attached hydrogen (secondary N) is 1. The molecule has 0 aromatic heterocycles. The number of hydrogen-bond acceptors (Lipinski definition) is 3. The number of benzene rings is 2. The molecule has 1 aliphatic rings. The van der Waals surface area contributed by atoms with Crippen LogP contribution >= 0.6 is 34.8 Å². The van der Waals surface area contributed by atoms with E-state index in [2.05, 4.69) is 5.32 Å². The largest absolute Gasteiger partial charge is 0.322 e. The van der Waals surface area contributed by atoms with Crippen molar-refractivity contribution in [3.8, 4) is 0 Å². The number of carbonyl (C=O) groups is 1. The molecule has 1 fully saturated rings. The maximum Gasteiger partial charge on any atom is 0.257 e. The number of sulfonamides is 1. The first kappa shape index (κ1) is 18.3. The lowest BCUT2D eigenvalue weighted by molar-refractivity contribution is 0.102. The van der Waals surface area contributed by atoms with E-state index < -0.39 is 15.9 Å². The molecule has 5 nitrogen and oxygen atoms in total. The van der Waals surface area contributed by atoms with Crippen molar-refractivity contribution in [2.24, 2.45) is 0 Å². The number of halogens is 3. The summed E-state index contributed by atoms with van der Waals surface area (Å²) in [6.45, 7) is 0.343. The highest BCUT2D eigenvalue weighted by molar-refractivity contribution is 7.93. The lowest BCUT2D eigenvalue weighted by Gasteiger charge is -2.19. The van der Waals surface area contributed by atoms with E-state index in [9.17, 15) is 13.2 Å². The van der Waals surface area contributed by atoms with Crippen LogP contribution in [0.2, 0.25) is 15.1 Å². The normalized spacial score (nSPS) is 16.0. The minimum absolute atomic E-state index is 0.0570. The molecule has 2 aromatic carbocycles. The zero-order valence-electron chi connectivity index (χ0n) is 12.8. The predicted molar refractivity (Wildman–Crippen MR) is 102 cm³/mol. The van der Waals surface area contributed by atoms with Crippen molar-refractivity contribution < 1.29 is 13.2 Å². The van der Waals surface area contributed by atoms with Gasteiger partial charge in [-0.3, -0.25) is 9.10 Å².